The highest BCUT2D eigenvalue weighted by Gasteiger charge is 2.17. The molecule has 0 spiro atoms. The Balaban J connectivity index is 1.99. The number of amides is 1. The third-order valence-electron chi connectivity index (χ3n) is 2.55. The van der Waals surface area contributed by atoms with Gasteiger partial charge in [-0.2, -0.15) is 5.10 Å². The average Bonchev–Trinajstić information content (AvgIpc) is 2.85. The molecule has 2 rings (SSSR count). The van der Waals surface area contributed by atoms with E-state index in [1.807, 2.05) is 6.26 Å². The summed E-state index contributed by atoms with van der Waals surface area (Å²) in [6.07, 6.45) is 2.92. The van der Waals surface area contributed by atoms with Gasteiger partial charge in [0.25, 0.3) is 5.91 Å². The van der Waals surface area contributed by atoms with E-state index in [0.717, 1.165) is 4.90 Å². The molecule has 20 heavy (non-hydrogen) atoms. The van der Waals surface area contributed by atoms with Gasteiger partial charge in [0.05, 0.1) is 11.1 Å². The van der Waals surface area contributed by atoms with E-state index in [9.17, 15) is 4.79 Å². The van der Waals surface area contributed by atoms with Crippen molar-refractivity contribution >= 4 is 35.1 Å². The minimum absolute atomic E-state index is 0.260. The third kappa shape index (κ3) is 3.68. The van der Waals surface area contributed by atoms with Crippen molar-refractivity contribution in [2.24, 2.45) is 0 Å². The highest BCUT2D eigenvalue weighted by molar-refractivity contribution is 7.98. The number of benzene rings is 1. The SMILES string of the molecule is CSc1cn[nH]c1NC(=O)[C@@H](C)Oc1cccc(Cl)c1. The van der Waals surface area contributed by atoms with Crippen LogP contribution in [0.3, 0.4) is 0 Å². The Morgan fingerprint density at radius 3 is 3.05 bits per heavy atom. The number of hydrogen-bond donors (Lipinski definition) is 2. The zero-order chi connectivity index (χ0) is 14.5. The van der Waals surface area contributed by atoms with Crippen LogP contribution in [-0.2, 0) is 4.79 Å². The number of carbonyl (C=O) groups is 1. The molecular weight excluding hydrogens is 298 g/mol. The van der Waals surface area contributed by atoms with Crippen molar-refractivity contribution < 1.29 is 9.53 Å². The number of thioether (sulfide) groups is 1. The third-order valence-corrected chi connectivity index (χ3v) is 3.54. The van der Waals surface area contributed by atoms with Crippen molar-refractivity contribution in [3.05, 3.63) is 35.5 Å². The Hall–Kier alpha value is -1.66. The Kier molecular flexibility index (Phi) is 4.92. The zero-order valence-electron chi connectivity index (χ0n) is 11.0. The van der Waals surface area contributed by atoms with E-state index < -0.39 is 6.10 Å². The van der Waals surface area contributed by atoms with Gasteiger partial charge in [0, 0.05) is 5.02 Å². The van der Waals surface area contributed by atoms with Gasteiger partial charge in [0.15, 0.2) is 6.10 Å². The molecule has 0 aliphatic carbocycles. The Labute approximate surface area is 126 Å². The van der Waals surface area contributed by atoms with Crippen LogP contribution in [0, 0.1) is 0 Å². The molecule has 0 unspecified atom stereocenters. The maximum Gasteiger partial charge on any atom is 0.266 e. The highest BCUT2D eigenvalue weighted by atomic mass is 35.5. The van der Waals surface area contributed by atoms with Gasteiger partial charge in [0.1, 0.15) is 11.6 Å². The summed E-state index contributed by atoms with van der Waals surface area (Å²) in [5, 5.41) is 9.92. The molecule has 0 saturated carbocycles. The van der Waals surface area contributed by atoms with Crippen LogP contribution in [0.15, 0.2) is 35.4 Å². The molecule has 106 valence electrons. The van der Waals surface area contributed by atoms with Crippen molar-refractivity contribution in [3.63, 3.8) is 0 Å². The highest BCUT2D eigenvalue weighted by Crippen LogP contribution is 2.23. The van der Waals surface area contributed by atoms with Crippen LogP contribution in [0.2, 0.25) is 5.02 Å². The maximum absolute atomic E-state index is 12.0. The molecule has 0 bridgehead atoms. The zero-order valence-corrected chi connectivity index (χ0v) is 12.6. The Morgan fingerprint density at radius 1 is 1.55 bits per heavy atom. The summed E-state index contributed by atoms with van der Waals surface area (Å²) in [6, 6.07) is 6.92. The summed E-state index contributed by atoms with van der Waals surface area (Å²) < 4.78 is 5.54. The molecule has 1 heterocycles. The van der Waals surface area contributed by atoms with Crippen LogP contribution in [0.5, 0.6) is 5.75 Å². The number of H-pyrrole nitrogens is 1. The van der Waals surface area contributed by atoms with E-state index in [4.69, 9.17) is 16.3 Å². The van der Waals surface area contributed by atoms with Crippen LogP contribution < -0.4 is 10.1 Å². The number of nitrogens with one attached hydrogen (secondary N) is 2. The number of aromatic nitrogens is 2. The van der Waals surface area contributed by atoms with E-state index >= 15 is 0 Å². The second-order valence-electron chi connectivity index (χ2n) is 4.02. The van der Waals surface area contributed by atoms with Gasteiger partial charge < -0.3 is 10.1 Å². The monoisotopic (exact) mass is 311 g/mol. The lowest BCUT2D eigenvalue weighted by molar-refractivity contribution is -0.122. The van der Waals surface area contributed by atoms with Crippen molar-refractivity contribution in [1.29, 1.82) is 0 Å². The molecule has 0 fully saturated rings. The number of halogens is 1. The van der Waals surface area contributed by atoms with Crippen molar-refractivity contribution in [2.45, 2.75) is 17.9 Å². The number of rotatable bonds is 5. The molecule has 7 heteroatoms. The van der Waals surface area contributed by atoms with Gasteiger partial charge in [-0.25, -0.2) is 0 Å². The minimum atomic E-state index is -0.647. The molecule has 1 aromatic heterocycles. The number of nitrogens with zero attached hydrogens (tertiary/aromatic N) is 1. The molecule has 5 nitrogen and oxygen atoms in total. The number of carbonyl (C=O) groups excluding carboxylic acids is 1. The average molecular weight is 312 g/mol. The second-order valence-corrected chi connectivity index (χ2v) is 5.30. The van der Waals surface area contributed by atoms with Gasteiger partial charge in [0.2, 0.25) is 0 Å². The molecule has 0 aliphatic heterocycles. The fraction of sp³-hybridized carbons (Fsp3) is 0.231. The van der Waals surface area contributed by atoms with Gasteiger partial charge in [-0.05, 0) is 31.4 Å². The van der Waals surface area contributed by atoms with Gasteiger partial charge >= 0.3 is 0 Å². The molecule has 2 N–H and O–H groups in total. The fourth-order valence-electron chi connectivity index (χ4n) is 1.54. The first kappa shape index (κ1) is 14.7. The minimum Gasteiger partial charge on any atom is -0.481 e. The van der Waals surface area contributed by atoms with Crippen LogP contribution in [0.1, 0.15) is 6.92 Å². The first-order valence-electron chi connectivity index (χ1n) is 5.90. The predicted molar refractivity (Wildman–Crippen MR) is 80.5 cm³/mol. The first-order chi connectivity index (χ1) is 9.60. The Morgan fingerprint density at radius 2 is 2.35 bits per heavy atom. The largest absolute Gasteiger partial charge is 0.481 e. The van der Waals surface area contributed by atoms with Gasteiger partial charge in [-0.1, -0.05) is 17.7 Å². The molecule has 0 radical (unpaired) electrons. The summed E-state index contributed by atoms with van der Waals surface area (Å²) in [7, 11) is 0. The quantitative estimate of drug-likeness (QED) is 0.832. The fourth-order valence-corrected chi connectivity index (χ4v) is 2.18. The summed E-state index contributed by atoms with van der Waals surface area (Å²) in [4.78, 5) is 12.9. The molecule has 2 aromatic rings. The molecule has 1 aromatic carbocycles. The van der Waals surface area contributed by atoms with Crippen molar-refractivity contribution in [1.82, 2.24) is 10.2 Å². The molecule has 1 atom stereocenters. The van der Waals surface area contributed by atoms with Crippen LogP contribution in [0.25, 0.3) is 0 Å². The van der Waals surface area contributed by atoms with Crippen LogP contribution in [0.4, 0.5) is 5.82 Å². The van der Waals surface area contributed by atoms with Gasteiger partial charge in [-0.15, -0.1) is 11.8 Å². The van der Waals surface area contributed by atoms with E-state index in [1.54, 1.807) is 37.4 Å². The lowest BCUT2D eigenvalue weighted by Gasteiger charge is -2.14. The van der Waals surface area contributed by atoms with Crippen LogP contribution in [-0.4, -0.2) is 28.5 Å². The molecular formula is C13H14ClN3O2S. The lowest BCUT2D eigenvalue weighted by atomic mass is 10.3. The first-order valence-corrected chi connectivity index (χ1v) is 7.51. The number of aromatic amines is 1. The summed E-state index contributed by atoms with van der Waals surface area (Å²) >= 11 is 7.36. The molecule has 0 saturated heterocycles. The van der Waals surface area contributed by atoms with E-state index in [-0.39, 0.29) is 5.91 Å². The van der Waals surface area contributed by atoms with Crippen molar-refractivity contribution in [2.75, 3.05) is 11.6 Å². The standard InChI is InChI=1S/C13H14ClN3O2S/c1-8(19-10-5-3-4-9(14)6-10)13(18)16-12-11(20-2)7-15-17-12/h3-8H,1-2H3,(H2,15,16,17,18)/t8-/m1/s1. The topological polar surface area (TPSA) is 67.0 Å². The number of anilines is 1. The second kappa shape index (κ2) is 6.67. The summed E-state index contributed by atoms with van der Waals surface area (Å²) in [5.41, 5.74) is 0. The summed E-state index contributed by atoms with van der Waals surface area (Å²) in [6.45, 7) is 1.67. The van der Waals surface area contributed by atoms with E-state index in [2.05, 4.69) is 15.5 Å². The number of ether oxygens (including phenoxy) is 1. The Bertz CT molecular complexity index is 603. The smallest absolute Gasteiger partial charge is 0.266 e. The maximum atomic E-state index is 12.0. The summed E-state index contributed by atoms with van der Waals surface area (Å²) in [5.74, 6) is 0.864. The van der Waals surface area contributed by atoms with Crippen molar-refractivity contribution in [3.8, 4) is 5.75 Å². The molecule has 1 amide bonds. The van der Waals surface area contributed by atoms with E-state index in [1.165, 1.54) is 11.8 Å². The molecule has 0 aliphatic rings. The lowest BCUT2D eigenvalue weighted by Crippen LogP contribution is -2.30. The van der Waals surface area contributed by atoms with Gasteiger partial charge in [-0.3, -0.25) is 9.89 Å². The van der Waals surface area contributed by atoms with Crippen LogP contribution >= 0.6 is 23.4 Å². The predicted octanol–water partition coefficient (Wildman–Crippen LogP) is 3.19. The van der Waals surface area contributed by atoms with E-state index in [0.29, 0.717) is 16.6 Å². The number of hydrogen-bond acceptors (Lipinski definition) is 4. The normalized spacial score (nSPS) is 11.9.